The van der Waals surface area contributed by atoms with Crippen molar-refractivity contribution < 1.29 is 4.79 Å². The zero-order valence-electron chi connectivity index (χ0n) is 13.9. The summed E-state index contributed by atoms with van der Waals surface area (Å²) in [5.41, 5.74) is 3.50. The van der Waals surface area contributed by atoms with Crippen LogP contribution in [0.4, 0.5) is 0 Å². The van der Waals surface area contributed by atoms with Gasteiger partial charge >= 0.3 is 0 Å². The smallest absolute Gasteiger partial charge is 0.222 e. The maximum absolute atomic E-state index is 12.5. The molecule has 3 rings (SSSR count). The van der Waals surface area contributed by atoms with Gasteiger partial charge in [0.15, 0.2) is 0 Å². The van der Waals surface area contributed by atoms with Gasteiger partial charge < -0.3 is 9.88 Å². The summed E-state index contributed by atoms with van der Waals surface area (Å²) in [7, 11) is 0. The molecule has 1 aromatic heterocycles. The van der Waals surface area contributed by atoms with Crippen LogP contribution in [0.5, 0.6) is 0 Å². The summed E-state index contributed by atoms with van der Waals surface area (Å²) < 4.78 is 2.10. The summed E-state index contributed by atoms with van der Waals surface area (Å²) in [6.07, 6.45) is 4.45. The van der Waals surface area contributed by atoms with Crippen molar-refractivity contribution in [2.45, 2.75) is 25.9 Å². The minimum absolute atomic E-state index is 0.0111. The highest BCUT2D eigenvalue weighted by molar-refractivity contribution is 5.77. The molecule has 24 heavy (non-hydrogen) atoms. The van der Waals surface area contributed by atoms with Crippen LogP contribution >= 0.6 is 0 Å². The van der Waals surface area contributed by atoms with Crippen molar-refractivity contribution in [3.05, 3.63) is 95.8 Å². The molecule has 0 spiro atoms. The summed E-state index contributed by atoms with van der Waals surface area (Å²) in [5, 5.41) is 3.03. The molecule has 0 fully saturated rings. The maximum Gasteiger partial charge on any atom is 0.222 e. The molecule has 1 N–H and O–H groups in total. The molecule has 0 unspecified atom stereocenters. The molecule has 0 bridgehead atoms. The van der Waals surface area contributed by atoms with E-state index in [9.17, 15) is 4.79 Å². The number of nitrogens with one attached hydrogen (secondary N) is 1. The molecule has 122 valence electrons. The van der Waals surface area contributed by atoms with Crippen molar-refractivity contribution in [3.8, 4) is 0 Å². The number of carbonyl (C=O) groups excluding carboxylic acids is 1. The van der Waals surface area contributed by atoms with Crippen LogP contribution in [0.1, 0.15) is 29.2 Å². The average Bonchev–Trinajstić information content (AvgIpc) is 3.14. The Bertz CT molecular complexity index is 779. The van der Waals surface area contributed by atoms with E-state index in [0.717, 1.165) is 5.56 Å². The Labute approximate surface area is 143 Å². The van der Waals surface area contributed by atoms with Crippen LogP contribution in [-0.4, -0.2) is 10.5 Å². The molecule has 1 atom stereocenters. The first-order valence-electron chi connectivity index (χ1n) is 8.22. The van der Waals surface area contributed by atoms with Gasteiger partial charge in [-0.25, -0.2) is 0 Å². The van der Waals surface area contributed by atoms with Crippen molar-refractivity contribution in [2.24, 2.45) is 0 Å². The van der Waals surface area contributed by atoms with E-state index in [0.29, 0.717) is 13.0 Å². The quantitative estimate of drug-likeness (QED) is 0.729. The lowest BCUT2D eigenvalue weighted by Crippen LogP contribution is -2.26. The topological polar surface area (TPSA) is 34.0 Å². The van der Waals surface area contributed by atoms with Crippen LogP contribution in [0.25, 0.3) is 0 Å². The van der Waals surface area contributed by atoms with Gasteiger partial charge in [0.25, 0.3) is 0 Å². The standard InChI is InChI=1S/C21H22N2O/c1-17-9-5-6-12-19(17)20(23-13-7-8-14-23)15-21(24)22-16-18-10-3-2-4-11-18/h2-14,20H,15-16H2,1H3,(H,22,24)/t20-/m0/s1. The molecular weight excluding hydrogens is 296 g/mol. The van der Waals surface area contributed by atoms with Crippen molar-refractivity contribution in [3.63, 3.8) is 0 Å². The second-order valence-electron chi connectivity index (χ2n) is 5.97. The molecule has 0 aliphatic carbocycles. The van der Waals surface area contributed by atoms with Gasteiger partial charge in [-0.05, 0) is 35.7 Å². The highest BCUT2D eigenvalue weighted by atomic mass is 16.1. The molecule has 0 radical (unpaired) electrons. The van der Waals surface area contributed by atoms with E-state index in [4.69, 9.17) is 0 Å². The van der Waals surface area contributed by atoms with Gasteiger partial charge in [-0.2, -0.15) is 0 Å². The summed E-state index contributed by atoms with van der Waals surface area (Å²) >= 11 is 0. The number of nitrogens with zero attached hydrogens (tertiary/aromatic N) is 1. The summed E-state index contributed by atoms with van der Waals surface area (Å²) in [5.74, 6) is 0.0563. The van der Waals surface area contributed by atoms with Crippen molar-refractivity contribution >= 4 is 5.91 Å². The lowest BCUT2D eigenvalue weighted by molar-refractivity contribution is -0.121. The summed E-state index contributed by atoms with van der Waals surface area (Å²) in [4.78, 5) is 12.5. The predicted molar refractivity (Wildman–Crippen MR) is 96.7 cm³/mol. The molecule has 0 saturated carbocycles. The maximum atomic E-state index is 12.5. The van der Waals surface area contributed by atoms with E-state index >= 15 is 0 Å². The van der Waals surface area contributed by atoms with Gasteiger partial charge in [0.05, 0.1) is 12.5 Å². The van der Waals surface area contributed by atoms with Crippen molar-refractivity contribution in [1.82, 2.24) is 9.88 Å². The van der Waals surface area contributed by atoms with Crippen LogP contribution < -0.4 is 5.32 Å². The van der Waals surface area contributed by atoms with Crippen LogP contribution in [0.15, 0.2) is 79.1 Å². The van der Waals surface area contributed by atoms with Gasteiger partial charge in [-0.3, -0.25) is 4.79 Å². The number of aryl methyl sites for hydroxylation is 1. The van der Waals surface area contributed by atoms with Crippen molar-refractivity contribution in [1.29, 1.82) is 0 Å². The average molecular weight is 318 g/mol. The molecule has 3 heteroatoms. The minimum Gasteiger partial charge on any atom is -0.352 e. The molecule has 1 heterocycles. The van der Waals surface area contributed by atoms with Gasteiger partial charge in [0.1, 0.15) is 0 Å². The molecule has 1 amide bonds. The Hall–Kier alpha value is -2.81. The lowest BCUT2D eigenvalue weighted by atomic mass is 9.98. The van der Waals surface area contributed by atoms with E-state index in [-0.39, 0.29) is 11.9 Å². The molecule has 0 saturated heterocycles. The van der Waals surface area contributed by atoms with Crippen LogP contribution in [0, 0.1) is 6.92 Å². The Kier molecular flexibility index (Phi) is 5.12. The minimum atomic E-state index is 0.0111. The van der Waals surface area contributed by atoms with Gasteiger partial charge in [-0.15, -0.1) is 0 Å². The van der Waals surface area contributed by atoms with Crippen LogP contribution in [-0.2, 0) is 11.3 Å². The number of benzene rings is 2. The zero-order valence-corrected chi connectivity index (χ0v) is 13.9. The lowest BCUT2D eigenvalue weighted by Gasteiger charge is -2.21. The van der Waals surface area contributed by atoms with E-state index in [2.05, 4.69) is 28.9 Å². The fraction of sp³-hybridized carbons (Fsp3) is 0.190. The third kappa shape index (κ3) is 3.93. The number of amides is 1. The second kappa shape index (κ2) is 7.64. The van der Waals surface area contributed by atoms with Crippen molar-refractivity contribution in [2.75, 3.05) is 0 Å². The number of hydrogen-bond donors (Lipinski definition) is 1. The normalized spacial score (nSPS) is 11.9. The first-order valence-corrected chi connectivity index (χ1v) is 8.22. The first-order chi connectivity index (χ1) is 11.7. The number of hydrogen-bond acceptors (Lipinski definition) is 1. The van der Waals surface area contributed by atoms with Gasteiger partial charge in [-0.1, -0.05) is 54.6 Å². The Balaban J connectivity index is 1.73. The fourth-order valence-corrected chi connectivity index (χ4v) is 2.94. The van der Waals surface area contributed by atoms with E-state index in [1.165, 1.54) is 11.1 Å². The number of rotatable bonds is 6. The molecular formula is C21H22N2O. The predicted octanol–water partition coefficient (Wildman–Crippen LogP) is 4.09. The molecule has 3 aromatic rings. The first kappa shape index (κ1) is 16.1. The van der Waals surface area contributed by atoms with Gasteiger partial charge in [0, 0.05) is 18.9 Å². The second-order valence-corrected chi connectivity index (χ2v) is 5.97. The van der Waals surface area contributed by atoms with E-state index < -0.39 is 0 Å². The number of carbonyl (C=O) groups is 1. The highest BCUT2D eigenvalue weighted by Crippen LogP contribution is 2.25. The summed E-state index contributed by atoms with van der Waals surface area (Å²) in [6.45, 7) is 2.65. The molecule has 2 aromatic carbocycles. The highest BCUT2D eigenvalue weighted by Gasteiger charge is 2.18. The monoisotopic (exact) mass is 318 g/mol. The molecule has 0 aliphatic rings. The molecule has 0 aliphatic heterocycles. The zero-order chi connectivity index (χ0) is 16.8. The van der Waals surface area contributed by atoms with E-state index in [1.54, 1.807) is 0 Å². The fourth-order valence-electron chi connectivity index (χ4n) is 2.94. The Morgan fingerprint density at radius 2 is 1.62 bits per heavy atom. The van der Waals surface area contributed by atoms with Gasteiger partial charge in [0.2, 0.25) is 5.91 Å². The van der Waals surface area contributed by atoms with Crippen LogP contribution in [0.3, 0.4) is 0 Å². The third-order valence-corrected chi connectivity index (χ3v) is 4.25. The Morgan fingerprint density at radius 1 is 0.958 bits per heavy atom. The largest absolute Gasteiger partial charge is 0.352 e. The van der Waals surface area contributed by atoms with Crippen LogP contribution in [0.2, 0.25) is 0 Å². The summed E-state index contributed by atoms with van der Waals surface area (Å²) in [6, 6.07) is 22.2. The molecule has 3 nitrogen and oxygen atoms in total. The van der Waals surface area contributed by atoms with E-state index in [1.807, 2.05) is 67.0 Å². The third-order valence-electron chi connectivity index (χ3n) is 4.25. The SMILES string of the molecule is Cc1ccccc1[C@H](CC(=O)NCc1ccccc1)n1cccc1. The Morgan fingerprint density at radius 3 is 2.33 bits per heavy atom. The number of aromatic nitrogens is 1.